The molecule has 0 spiro atoms. The Hall–Kier alpha value is -4.27. The number of amides is 1. The quantitative estimate of drug-likeness (QED) is 0.455. The van der Waals surface area contributed by atoms with Gasteiger partial charge in [0.15, 0.2) is 17.3 Å². The molecule has 0 radical (unpaired) electrons. The first-order valence-corrected chi connectivity index (χ1v) is 10.9. The van der Waals surface area contributed by atoms with E-state index < -0.39 is 11.2 Å². The maximum Gasteiger partial charge on any atom is 0.251 e. The van der Waals surface area contributed by atoms with Crippen LogP contribution in [-0.2, 0) is 4.79 Å². The van der Waals surface area contributed by atoms with E-state index in [9.17, 15) is 9.59 Å². The van der Waals surface area contributed by atoms with E-state index in [2.05, 4.69) is 10.2 Å². The van der Waals surface area contributed by atoms with Crippen molar-refractivity contribution in [3.63, 3.8) is 0 Å². The third-order valence-corrected chi connectivity index (χ3v) is 5.74. The molecule has 3 heterocycles. The molecule has 1 fully saturated rings. The molecule has 0 unspecified atom stereocenters. The third kappa shape index (κ3) is 3.75. The number of aromatic nitrogens is 4. The van der Waals surface area contributed by atoms with E-state index in [1.807, 2.05) is 37.3 Å². The lowest BCUT2D eigenvalue weighted by Gasteiger charge is -2.17. The van der Waals surface area contributed by atoms with Gasteiger partial charge in [-0.2, -0.15) is 10.2 Å². The maximum absolute atomic E-state index is 15.2. The molecule has 34 heavy (non-hydrogen) atoms. The molecule has 4 aromatic rings. The molecule has 8 nitrogen and oxygen atoms in total. The molecule has 0 atom stereocenters. The highest BCUT2D eigenvalue weighted by Gasteiger charge is 2.24. The van der Waals surface area contributed by atoms with Gasteiger partial charge in [-0.3, -0.25) is 9.59 Å². The van der Waals surface area contributed by atoms with Crippen LogP contribution in [0.5, 0.6) is 5.75 Å². The number of carbonyl (C=O) groups is 1. The number of aryl methyl sites for hydroxylation is 1. The van der Waals surface area contributed by atoms with E-state index in [0.29, 0.717) is 30.0 Å². The standard InChI is InChI=1S/C25H22FN5O3/c1-16-13-21(31(27-16)17-7-4-3-5-8-17)24-25(33)22(34-2)15-30(28-24)20-11-10-18(14-19(20)26)29-12-6-9-23(29)32/h3-5,7-8,10-11,13-15H,6,9,12H2,1-2H3. The zero-order valence-corrected chi connectivity index (χ0v) is 18.7. The van der Waals surface area contributed by atoms with Gasteiger partial charge in [0.1, 0.15) is 5.69 Å². The summed E-state index contributed by atoms with van der Waals surface area (Å²) in [6.45, 7) is 2.38. The van der Waals surface area contributed by atoms with Crippen LogP contribution < -0.4 is 15.1 Å². The molecule has 9 heteroatoms. The fraction of sp³-hybridized carbons (Fsp3) is 0.200. The summed E-state index contributed by atoms with van der Waals surface area (Å²) in [6, 6.07) is 15.6. The molecule has 2 aromatic carbocycles. The number of benzene rings is 2. The van der Waals surface area contributed by atoms with E-state index in [-0.39, 0.29) is 23.0 Å². The number of hydrogen-bond donors (Lipinski definition) is 0. The molecule has 0 aliphatic carbocycles. The lowest BCUT2D eigenvalue weighted by atomic mass is 10.2. The lowest BCUT2D eigenvalue weighted by Crippen LogP contribution is -2.24. The summed E-state index contributed by atoms with van der Waals surface area (Å²) < 4.78 is 23.4. The van der Waals surface area contributed by atoms with Gasteiger partial charge in [-0.05, 0) is 49.7 Å². The molecule has 2 aromatic heterocycles. The Morgan fingerprint density at radius 3 is 2.47 bits per heavy atom. The molecular formula is C25H22FN5O3. The average molecular weight is 459 g/mol. The molecule has 1 amide bonds. The minimum atomic E-state index is -0.575. The Morgan fingerprint density at radius 1 is 1.00 bits per heavy atom. The van der Waals surface area contributed by atoms with Crippen molar-refractivity contribution < 1.29 is 13.9 Å². The Morgan fingerprint density at radius 2 is 1.79 bits per heavy atom. The minimum absolute atomic E-state index is 0.0154. The van der Waals surface area contributed by atoms with Gasteiger partial charge in [-0.15, -0.1) is 0 Å². The number of methoxy groups -OCH3 is 1. The topological polar surface area (TPSA) is 82.2 Å². The Bertz CT molecular complexity index is 1440. The largest absolute Gasteiger partial charge is 0.491 e. The van der Waals surface area contributed by atoms with Gasteiger partial charge in [0, 0.05) is 18.7 Å². The van der Waals surface area contributed by atoms with Crippen molar-refractivity contribution in [3.8, 4) is 28.5 Å². The van der Waals surface area contributed by atoms with Crippen LogP contribution in [0.1, 0.15) is 18.5 Å². The summed E-state index contributed by atoms with van der Waals surface area (Å²) >= 11 is 0. The summed E-state index contributed by atoms with van der Waals surface area (Å²) in [6.07, 6.45) is 2.55. The van der Waals surface area contributed by atoms with Crippen molar-refractivity contribution >= 4 is 11.6 Å². The Kier molecular flexibility index (Phi) is 5.45. The second-order valence-corrected chi connectivity index (χ2v) is 8.02. The monoisotopic (exact) mass is 459 g/mol. The normalized spacial score (nSPS) is 13.5. The predicted molar refractivity (Wildman–Crippen MR) is 125 cm³/mol. The number of anilines is 1. The molecule has 0 bridgehead atoms. The predicted octanol–water partition coefficient (Wildman–Crippen LogP) is 3.67. The van der Waals surface area contributed by atoms with Crippen LogP contribution in [0.4, 0.5) is 10.1 Å². The van der Waals surface area contributed by atoms with Crippen molar-refractivity contribution in [2.24, 2.45) is 0 Å². The van der Waals surface area contributed by atoms with Crippen LogP contribution in [0.15, 0.2) is 65.6 Å². The van der Waals surface area contributed by atoms with Crippen molar-refractivity contribution in [1.82, 2.24) is 19.6 Å². The number of hydrogen-bond acceptors (Lipinski definition) is 5. The molecule has 1 saturated heterocycles. The van der Waals surface area contributed by atoms with Gasteiger partial charge in [0.05, 0.1) is 30.4 Å². The lowest BCUT2D eigenvalue weighted by molar-refractivity contribution is -0.117. The van der Waals surface area contributed by atoms with E-state index >= 15 is 4.39 Å². The highest BCUT2D eigenvalue weighted by atomic mass is 19.1. The van der Waals surface area contributed by atoms with Gasteiger partial charge >= 0.3 is 0 Å². The van der Waals surface area contributed by atoms with Crippen molar-refractivity contribution in [3.05, 3.63) is 82.5 Å². The second kappa shape index (κ2) is 8.58. The summed E-state index contributed by atoms with van der Waals surface area (Å²) in [5.41, 5.74) is 2.16. The number of para-hydroxylation sites is 1. The first-order valence-electron chi connectivity index (χ1n) is 10.9. The summed E-state index contributed by atoms with van der Waals surface area (Å²) in [5.74, 6) is -0.585. The number of halogens is 1. The van der Waals surface area contributed by atoms with E-state index in [0.717, 1.165) is 12.1 Å². The number of rotatable bonds is 5. The average Bonchev–Trinajstić information content (AvgIpc) is 3.45. The van der Waals surface area contributed by atoms with Crippen molar-refractivity contribution in [2.75, 3.05) is 18.6 Å². The molecule has 5 rings (SSSR count). The van der Waals surface area contributed by atoms with Crippen LogP contribution in [0.2, 0.25) is 0 Å². The summed E-state index contributed by atoms with van der Waals surface area (Å²) in [5, 5.41) is 8.98. The maximum atomic E-state index is 15.2. The van der Waals surface area contributed by atoms with Crippen LogP contribution >= 0.6 is 0 Å². The minimum Gasteiger partial charge on any atom is -0.491 e. The fourth-order valence-corrected chi connectivity index (χ4v) is 4.11. The molecule has 1 aliphatic heterocycles. The number of nitrogens with zero attached hydrogens (tertiary/aromatic N) is 5. The summed E-state index contributed by atoms with van der Waals surface area (Å²) in [4.78, 5) is 26.8. The molecule has 0 saturated carbocycles. The molecule has 1 aliphatic rings. The third-order valence-electron chi connectivity index (χ3n) is 5.74. The van der Waals surface area contributed by atoms with Crippen LogP contribution in [0.3, 0.4) is 0 Å². The van der Waals surface area contributed by atoms with E-state index in [1.165, 1.54) is 30.1 Å². The molecule has 0 N–H and O–H groups in total. The van der Waals surface area contributed by atoms with Gasteiger partial charge in [0.2, 0.25) is 5.91 Å². The van der Waals surface area contributed by atoms with Crippen LogP contribution in [0.25, 0.3) is 22.8 Å². The zero-order chi connectivity index (χ0) is 23.8. The fourth-order valence-electron chi connectivity index (χ4n) is 4.11. The summed E-state index contributed by atoms with van der Waals surface area (Å²) in [7, 11) is 1.38. The van der Waals surface area contributed by atoms with E-state index in [1.54, 1.807) is 21.7 Å². The highest BCUT2D eigenvalue weighted by Crippen LogP contribution is 2.27. The zero-order valence-electron chi connectivity index (χ0n) is 18.7. The highest BCUT2D eigenvalue weighted by molar-refractivity contribution is 5.95. The number of carbonyl (C=O) groups excluding carboxylic acids is 1. The smallest absolute Gasteiger partial charge is 0.251 e. The first kappa shape index (κ1) is 21.6. The Balaban J connectivity index is 1.64. The SMILES string of the molecule is COc1cn(-c2ccc(N3CCCC3=O)cc2F)nc(-c2cc(C)nn2-c2ccccc2)c1=O. The molecule has 172 valence electrons. The van der Waals surface area contributed by atoms with Gasteiger partial charge in [0.25, 0.3) is 5.43 Å². The van der Waals surface area contributed by atoms with E-state index in [4.69, 9.17) is 4.74 Å². The van der Waals surface area contributed by atoms with Crippen molar-refractivity contribution in [1.29, 1.82) is 0 Å². The number of ether oxygens (including phenoxy) is 1. The van der Waals surface area contributed by atoms with Gasteiger partial charge in [-0.1, -0.05) is 18.2 Å². The second-order valence-electron chi connectivity index (χ2n) is 8.02. The van der Waals surface area contributed by atoms with Crippen LogP contribution in [-0.4, -0.2) is 39.1 Å². The van der Waals surface area contributed by atoms with Gasteiger partial charge in [-0.25, -0.2) is 13.8 Å². The molecular weight excluding hydrogens is 437 g/mol. The van der Waals surface area contributed by atoms with Crippen LogP contribution in [0, 0.1) is 12.7 Å². The first-order chi connectivity index (χ1) is 16.5. The Labute approximate surface area is 194 Å². The van der Waals surface area contributed by atoms with Gasteiger partial charge < -0.3 is 9.64 Å². The van der Waals surface area contributed by atoms with Crippen molar-refractivity contribution in [2.45, 2.75) is 19.8 Å².